The summed E-state index contributed by atoms with van der Waals surface area (Å²) in [5.74, 6) is -0.945. The van der Waals surface area contributed by atoms with Gasteiger partial charge < -0.3 is 44.0 Å². The van der Waals surface area contributed by atoms with Gasteiger partial charge in [0.2, 0.25) is 23.6 Å². The number of aromatic nitrogens is 3. The number of amides is 3. The van der Waals surface area contributed by atoms with E-state index in [1.54, 1.807) is 39.1 Å². The molecule has 1 unspecified atom stereocenters. The van der Waals surface area contributed by atoms with Gasteiger partial charge in [-0.15, -0.1) is 0 Å². The van der Waals surface area contributed by atoms with Gasteiger partial charge in [0.05, 0.1) is 11.9 Å². The van der Waals surface area contributed by atoms with E-state index in [0.717, 1.165) is 27.6 Å². The maximum atomic E-state index is 15.6. The molecule has 0 saturated heterocycles. The van der Waals surface area contributed by atoms with Crippen molar-refractivity contribution in [1.82, 2.24) is 25.6 Å². The molecule has 7 aromatic rings. The maximum absolute atomic E-state index is 15.6. The Morgan fingerprint density at radius 2 is 1.73 bits per heavy atom. The number of nitrogens with one attached hydrogen (secondary N) is 4. The summed E-state index contributed by atoms with van der Waals surface area (Å²) < 4.78 is 30.7. The van der Waals surface area contributed by atoms with E-state index in [9.17, 15) is 14.4 Å². The number of carbonyl (C=O) groups excluding carboxylic acids is 4. The summed E-state index contributed by atoms with van der Waals surface area (Å²) in [5.41, 5.74) is 2.66. The summed E-state index contributed by atoms with van der Waals surface area (Å²) in [5, 5.41) is 9.88. The van der Waals surface area contributed by atoms with Crippen molar-refractivity contribution < 1.29 is 42.2 Å². The fraction of sp³-hybridized carbons (Fsp3) is 0.250. The van der Waals surface area contributed by atoms with Crippen LogP contribution < -0.4 is 20.7 Å². The number of anilines is 1. The number of alkyl carbamates (subject to hydrolysis) is 1. The number of para-hydroxylation sites is 1. The zero-order chi connectivity index (χ0) is 43.8. The van der Waals surface area contributed by atoms with E-state index in [0.29, 0.717) is 28.1 Å². The highest BCUT2D eigenvalue weighted by atomic mass is 16.7. The number of oxazole rings is 2. The Morgan fingerprint density at radius 1 is 0.937 bits per heavy atom. The van der Waals surface area contributed by atoms with Crippen molar-refractivity contribution in [3.63, 3.8) is 0 Å². The number of benzene rings is 4. The number of nitrogens with zero attached hydrogens (tertiary/aromatic N) is 2. The number of ether oxygens (including phenoxy) is 3. The molecule has 0 aliphatic carbocycles. The first kappa shape index (κ1) is 39.5. The molecule has 0 radical (unpaired) electrons. The lowest BCUT2D eigenvalue weighted by Gasteiger charge is -2.30. The second-order valence-electron chi connectivity index (χ2n) is 17.2. The number of fused-ring (bicyclic) bond motifs is 8. The van der Waals surface area contributed by atoms with Gasteiger partial charge in [0, 0.05) is 45.8 Å². The van der Waals surface area contributed by atoms with Gasteiger partial charge in [0.15, 0.2) is 22.6 Å². The number of hydrogen-bond donors (Lipinski definition) is 4. The summed E-state index contributed by atoms with van der Waals surface area (Å²) in [7, 11) is 0. The number of hydrogen-bond acceptors (Lipinski definition) is 11. The molecule has 318 valence electrons. The molecule has 15 heteroatoms. The average Bonchev–Trinajstić information content (AvgIpc) is 4.05. The molecule has 0 fully saturated rings. The van der Waals surface area contributed by atoms with E-state index in [-0.39, 0.29) is 53.5 Å². The Morgan fingerprint density at radius 3 is 2.52 bits per heavy atom. The van der Waals surface area contributed by atoms with Crippen LogP contribution in [0.1, 0.15) is 74.6 Å². The molecule has 10 bridgehead atoms. The van der Waals surface area contributed by atoms with Crippen LogP contribution in [0, 0.1) is 5.92 Å². The molecule has 0 saturated carbocycles. The molecule has 6 heterocycles. The summed E-state index contributed by atoms with van der Waals surface area (Å²) in [6.07, 6.45) is 1.53. The van der Waals surface area contributed by atoms with E-state index in [1.165, 1.54) is 6.07 Å². The van der Waals surface area contributed by atoms with Gasteiger partial charge in [-0.1, -0.05) is 86.6 Å². The van der Waals surface area contributed by atoms with Crippen molar-refractivity contribution >= 4 is 40.7 Å². The predicted molar refractivity (Wildman–Crippen MR) is 230 cm³/mol. The lowest BCUT2D eigenvalue weighted by molar-refractivity contribution is -0.124. The molecular formula is C48H42N6O9. The first-order chi connectivity index (χ1) is 30.3. The lowest BCUT2D eigenvalue weighted by atomic mass is 9.71. The number of rotatable bonds is 5. The second-order valence-corrected chi connectivity index (χ2v) is 17.2. The molecular weight excluding hydrogens is 805 g/mol. The molecule has 3 atom stereocenters. The van der Waals surface area contributed by atoms with Crippen molar-refractivity contribution in [2.45, 2.75) is 70.7 Å². The Labute approximate surface area is 360 Å². The highest BCUT2D eigenvalue weighted by Crippen LogP contribution is 2.56. The lowest BCUT2D eigenvalue weighted by Crippen LogP contribution is -2.49. The first-order valence-corrected chi connectivity index (χ1v) is 20.6. The molecule has 3 aliphatic rings. The van der Waals surface area contributed by atoms with Gasteiger partial charge in [0.25, 0.3) is 0 Å². The van der Waals surface area contributed by atoms with Crippen LogP contribution in [0.4, 0.5) is 15.3 Å². The number of H-pyrrole nitrogens is 1. The maximum Gasteiger partial charge on any atom is 0.514 e. The number of aromatic amines is 1. The first-order valence-electron chi connectivity index (χ1n) is 20.6. The minimum Gasteiger partial charge on any atom is -0.445 e. The van der Waals surface area contributed by atoms with Crippen molar-refractivity contribution in [2.24, 2.45) is 5.92 Å². The third kappa shape index (κ3) is 6.67. The van der Waals surface area contributed by atoms with Crippen LogP contribution in [0.15, 0.2) is 106 Å². The molecule has 15 nitrogen and oxygen atoms in total. The van der Waals surface area contributed by atoms with Crippen LogP contribution in [0.2, 0.25) is 0 Å². The molecule has 10 rings (SSSR count). The Kier molecular flexibility index (Phi) is 9.24. The van der Waals surface area contributed by atoms with Gasteiger partial charge in [-0.3, -0.25) is 9.59 Å². The van der Waals surface area contributed by atoms with E-state index >= 15 is 4.79 Å². The van der Waals surface area contributed by atoms with E-state index < -0.39 is 47.2 Å². The molecule has 1 spiro atoms. The Balaban J connectivity index is 1.24. The standard InChI is InChI=1S/C48H42N6O9/c1-24(2)37-43-53-39-40(62-43)48(30-15-9-14-28(38(30)54-44(48)56)27-13-10-16-32-36(27)29(21-49-32)35-22-50-42(39)60-35)31-19-26(17-18-34(31)61-46(58)63-47(3,4)5)20-33(41(55)52-37)51-45(57)59-23-25-11-7-6-8-12-25/h6-19,21-22,24,33,37,49H,20,23H2,1-5H3,(H,51,57)(H,52,55)(H,54,56)/t33-,37-,48?/m0/s1. The minimum absolute atomic E-state index is 0.0122. The predicted octanol–water partition coefficient (Wildman–Crippen LogP) is 8.72. The fourth-order valence-electron chi connectivity index (χ4n) is 8.72. The quantitative estimate of drug-likeness (QED) is 0.0954. The SMILES string of the molecule is CC(C)[C@@H]1NC(=O)[C@@H](NC(=O)OCc2ccccc2)Cc2ccc(OC(=O)OC(C)(C)C)c(c2)C23C(=O)Nc4c(cccc42)-c2cccc4[nH]cc(c24)-c2cnc(o2)-c2nc1oc23. The van der Waals surface area contributed by atoms with Crippen LogP contribution >= 0.6 is 0 Å². The molecule has 4 aromatic carbocycles. The van der Waals surface area contributed by atoms with Gasteiger partial charge in [0.1, 0.15) is 30.0 Å². The van der Waals surface area contributed by atoms with Gasteiger partial charge in [-0.25, -0.2) is 19.6 Å². The third-order valence-electron chi connectivity index (χ3n) is 11.5. The molecule has 3 amide bonds. The van der Waals surface area contributed by atoms with E-state index in [2.05, 4.69) is 20.9 Å². The molecule has 63 heavy (non-hydrogen) atoms. The average molecular weight is 847 g/mol. The largest absolute Gasteiger partial charge is 0.514 e. The van der Waals surface area contributed by atoms with Crippen molar-refractivity contribution in [3.05, 3.63) is 131 Å². The van der Waals surface area contributed by atoms with Crippen LogP contribution in [0.5, 0.6) is 5.75 Å². The molecule has 3 aromatic heterocycles. The monoisotopic (exact) mass is 846 g/mol. The van der Waals surface area contributed by atoms with Gasteiger partial charge in [-0.05, 0) is 55.5 Å². The zero-order valence-corrected chi connectivity index (χ0v) is 35.0. The van der Waals surface area contributed by atoms with Crippen LogP contribution in [0.25, 0.3) is 44.9 Å². The zero-order valence-electron chi connectivity index (χ0n) is 35.0. The number of carbonyl (C=O) groups is 4. The third-order valence-corrected chi connectivity index (χ3v) is 11.5. The van der Waals surface area contributed by atoms with Crippen molar-refractivity contribution in [3.8, 4) is 39.8 Å². The Bertz CT molecular complexity index is 3000. The summed E-state index contributed by atoms with van der Waals surface area (Å²) in [6, 6.07) is 23.4. The molecule has 3 aliphatic heterocycles. The summed E-state index contributed by atoms with van der Waals surface area (Å²) in [6.45, 7) is 8.86. The fourth-order valence-corrected chi connectivity index (χ4v) is 8.72. The van der Waals surface area contributed by atoms with Crippen LogP contribution in [0.3, 0.4) is 0 Å². The van der Waals surface area contributed by atoms with Crippen molar-refractivity contribution in [2.75, 3.05) is 5.32 Å². The van der Waals surface area contributed by atoms with Crippen molar-refractivity contribution in [1.29, 1.82) is 0 Å². The second kappa shape index (κ2) is 14.8. The van der Waals surface area contributed by atoms with Gasteiger partial charge in [-0.2, -0.15) is 0 Å². The Hall–Kier alpha value is -7.68. The normalized spacial score (nSPS) is 18.6. The summed E-state index contributed by atoms with van der Waals surface area (Å²) >= 11 is 0. The topological polar surface area (TPSA) is 200 Å². The van der Waals surface area contributed by atoms with E-state index in [4.69, 9.17) is 33.0 Å². The highest BCUT2D eigenvalue weighted by Gasteiger charge is 2.57. The summed E-state index contributed by atoms with van der Waals surface area (Å²) in [4.78, 5) is 70.2. The van der Waals surface area contributed by atoms with Crippen LogP contribution in [-0.4, -0.2) is 50.7 Å². The highest BCUT2D eigenvalue weighted by molar-refractivity contribution is 6.17. The van der Waals surface area contributed by atoms with Crippen LogP contribution in [-0.2, 0) is 37.5 Å². The minimum atomic E-state index is -1.94. The smallest absolute Gasteiger partial charge is 0.445 e. The van der Waals surface area contributed by atoms with Gasteiger partial charge >= 0.3 is 12.2 Å². The van der Waals surface area contributed by atoms with E-state index in [1.807, 2.05) is 86.8 Å². The molecule has 4 N–H and O–H groups in total.